The van der Waals surface area contributed by atoms with Crippen LogP contribution in [0.5, 0.6) is 0 Å². The smallest absolute Gasteiger partial charge is 0.410 e. The van der Waals surface area contributed by atoms with Gasteiger partial charge in [0.05, 0.1) is 13.2 Å². The highest BCUT2D eigenvalue weighted by Crippen LogP contribution is 2.15. The molecule has 18 nitrogen and oxygen atoms in total. The van der Waals surface area contributed by atoms with Crippen molar-refractivity contribution in [1.29, 1.82) is 0 Å². The summed E-state index contributed by atoms with van der Waals surface area (Å²) >= 11 is 0. The third-order valence-electron chi connectivity index (χ3n) is 8.82. The first kappa shape index (κ1) is 45.6. The second-order valence-corrected chi connectivity index (χ2v) is 13.7. The maximum atomic E-state index is 13.4. The van der Waals surface area contributed by atoms with E-state index in [-0.39, 0.29) is 82.5 Å². The van der Waals surface area contributed by atoms with Crippen molar-refractivity contribution in [3.8, 4) is 0 Å². The molecular weight excluding hydrogens is 716 g/mol. The monoisotopic (exact) mass is 772 g/mol. The van der Waals surface area contributed by atoms with Crippen LogP contribution in [-0.4, -0.2) is 115 Å². The zero-order valence-electron chi connectivity index (χ0n) is 32.5. The Bertz CT molecular complexity index is 1510. The topological polar surface area (TPSA) is 248 Å². The quantitative estimate of drug-likeness (QED) is 0.0684. The van der Waals surface area contributed by atoms with Crippen LogP contribution in [0.3, 0.4) is 0 Å². The van der Waals surface area contributed by atoms with Crippen molar-refractivity contribution in [1.82, 2.24) is 31.1 Å². The summed E-state index contributed by atoms with van der Waals surface area (Å²) in [7, 11) is 1.68. The number of amides is 9. The third-order valence-corrected chi connectivity index (χ3v) is 8.82. The molecule has 0 radical (unpaired) electrons. The third kappa shape index (κ3) is 16.6. The zero-order valence-corrected chi connectivity index (χ0v) is 32.5. The van der Waals surface area contributed by atoms with E-state index in [1.807, 2.05) is 20.8 Å². The largest absolute Gasteiger partial charge is 0.445 e. The molecule has 1 aromatic rings. The predicted octanol–water partition coefficient (Wildman–Crippen LogP) is 1.15. The van der Waals surface area contributed by atoms with Crippen LogP contribution >= 0.6 is 0 Å². The second kappa shape index (κ2) is 23.3. The van der Waals surface area contributed by atoms with Crippen molar-refractivity contribution in [2.45, 2.75) is 85.0 Å². The molecule has 1 aromatic carbocycles. The number of urea groups is 1. The summed E-state index contributed by atoms with van der Waals surface area (Å²) in [6, 6.07) is 3.93. The summed E-state index contributed by atoms with van der Waals surface area (Å²) in [6.07, 6.45) is 2.15. The summed E-state index contributed by atoms with van der Waals surface area (Å²) in [5.74, 6) is -2.97. The van der Waals surface area contributed by atoms with Gasteiger partial charge in [0, 0.05) is 63.4 Å². The highest BCUT2D eigenvalue weighted by molar-refractivity contribution is 6.13. The molecule has 1 heterocycles. The van der Waals surface area contributed by atoms with Gasteiger partial charge < -0.3 is 46.7 Å². The van der Waals surface area contributed by atoms with E-state index in [9.17, 15) is 38.4 Å². The Hall–Kier alpha value is -5.52. The second-order valence-electron chi connectivity index (χ2n) is 13.7. The lowest BCUT2D eigenvalue weighted by Crippen LogP contribution is -2.54. The molecule has 0 bridgehead atoms. The van der Waals surface area contributed by atoms with Gasteiger partial charge in [-0.2, -0.15) is 0 Å². The molecule has 9 amide bonds. The SMILES string of the molecule is CC(C)[C@H](NC(=O)CCOCCNC(=O)CCN1C(=O)C=CC1=O)C(=O)N[C@@H](CCCNC(N)=O)C(=O)Nc1ccc(COC(=O)N(C)[C@H](C)C(C)C)cc1. The Balaban J connectivity index is 1.87. The molecule has 7 N–H and O–H groups in total. The number of benzene rings is 1. The Kier molecular flexibility index (Phi) is 19.3. The summed E-state index contributed by atoms with van der Waals surface area (Å²) in [4.78, 5) is 101. The van der Waals surface area contributed by atoms with Crippen LogP contribution in [-0.2, 0) is 44.8 Å². The molecule has 55 heavy (non-hydrogen) atoms. The number of hydrogen-bond donors (Lipinski definition) is 6. The first-order valence-electron chi connectivity index (χ1n) is 18.3. The summed E-state index contributed by atoms with van der Waals surface area (Å²) < 4.78 is 10.9. The minimum Gasteiger partial charge on any atom is -0.445 e. The van der Waals surface area contributed by atoms with Crippen LogP contribution in [0.2, 0.25) is 0 Å². The Labute approximate surface area is 321 Å². The molecule has 0 spiro atoms. The van der Waals surface area contributed by atoms with Crippen LogP contribution < -0.4 is 32.3 Å². The Morgan fingerprint density at radius 1 is 0.800 bits per heavy atom. The average molecular weight is 773 g/mol. The van der Waals surface area contributed by atoms with E-state index in [0.717, 1.165) is 17.1 Å². The fourth-order valence-corrected chi connectivity index (χ4v) is 5.09. The van der Waals surface area contributed by atoms with Crippen LogP contribution in [0.1, 0.15) is 65.9 Å². The van der Waals surface area contributed by atoms with Gasteiger partial charge in [-0.3, -0.25) is 33.7 Å². The maximum absolute atomic E-state index is 13.4. The molecule has 0 saturated carbocycles. The first-order chi connectivity index (χ1) is 26.0. The number of anilines is 1. The van der Waals surface area contributed by atoms with E-state index in [1.54, 1.807) is 50.1 Å². The van der Waals surface area contributed by atoms with E-state index < -0.39 is 53.7 Å². The minimum absolute atomic E-state index is 0.00262. The van der Waals surface area contributed by atoms with Crippen molar-refractivity contribution in [3.63, 3.8) is 0 Å². The van der Waals surface area contributed by atoms with Crippen molar-refractivity contribution in [2.75, 3.05) is 45.2 Å². The van der Waals surface area contributed by atoms with Gasteiger partial charge in [-0.15, -0.1) is 0 Å². The van der Waals surface area contributed by atoms with Crippen LogP contribution in [0, 0.1) is 11.8 Å². The number of ether oxygens (including phenoxy) is 2. The zero-order chi connectivity index (χ0) is 41.1. The number of rotatable bonds is 23. The maximum Gasteiger partial charge on any atom is 0.410 e. The normalized spacial score (nSPS) is 13.9. The molecule has 1 aliphatic rings. The minimum atomic E-state index is -1.04. The number of imide groups is 1. The first-order valence-corrected chi connectivity index (χ1v) is 18.3. The molecule has 0 saturated heterocycles. The van der Waals surface area contributed by atoms with Crippen LogP contribution in [0.4, 0.5) is 15.3 Å². The molecule has 0 fully saturated rings. The highest BCUT2D eigenvalue weighted by atomic mass is 16.6. The van der Waals surface area contributed by atoms with E-state index in [2.05, 4.69) is 26.6 Å². The number of carbonyl (C=O) groups is 8. The van der Waals surface area contributed by atoms with E-state index in [0.29, 0.717) is 17.7 Å². The summed E-state index contributed by atoms with van der Waals surface area (Å²) in [6.45, 7) is 9.86. The fourth-order valence-electron chi connectivity index (χ4n) is 5.09. The molecule has 304 valence electrons. The summed E-state index contributed by atoms with van der Waals surface area (Å²) in [5, 5.41) is 13.2. The number of nitrogens with two attached hydrogens (primary N) is 1. The van der Waals surface area contributed by atoms with E-state index in [1.165, 1.54) is 0 Å². The van der Waals surface area contributed by atoms with Gasteiger partial charge in [0.1, 0.15) is 18.7 Å². The standard InChI is InChI=1S/C37H56N8O10/c1-23(2)25(5)44(6)37(53)55-22-26-9-11-27(12-10-26)41-34(50)28(8-7-17-40-36(38)52)42-35(51)33(24(3)4)43-30(47)16-20-54-21-18-39-29(46)15-19-45-31(48)13-14-32(45)49/h9-14,23-25,28,33H,7-8,15-22H2,1-6H3,(H,39,46)(H,41,50)(H,42,51)(H,43,47)(H3,38,40,52)/t25-,28+,33+/m1/s1. The molecule has 0 unspecified atom stereocenters. The van der Waals surface area contributed by atoms with Crippen LogP contribution in [0.25, 0.3) is 0 Å². The number of nitrogens with zero attached hydrogens (tertiary/aromatic N) is 2. The molecule has 2 rings (SSSR count). The van der Waals surface area contributed by atoms with Gasteiger partial charge >= 0.3 is 12.1 Å². The van der Waals surface area contributed by atoms with Crippen molar-refractivity contribution in [2.24, 2.45) is 17.6 Å². The predicted molar refractivity (Wildman–Crippen MR) is 202 cm³/mol. The van der Waals surface area contributed by atoms with Gasteiger partial charge in [0.25, 0.3) is 11.8 Å². The number of hydrogen-bond acceptors (Lipinski definition) is 10. The van der Waals surface area contributed by atoms with Gasteiger partial charge in [0.2, 0.25) is 23.6 Å². The molecule has 1 aliphatic heterocycles. The van der Waals surface area contributed by atoms with Gasteiger partial charge in [0.15, 0.2) is 0 Å². The van der Waals surface area contributed by atoms with E-state index in [4.69, 9.17) is 15.2 Å². The Morgan fingerprint density at radius 3 is 2.05 bits per heavy atom. The lowest BCUT2D eigenvalue weighted by atomic mass is 10.0. The molecular formula is C37H56N8O10. The van der Waals surface area contributed by atoms with Crippen LogP contribution in [0.15, 0.2) is 36.4 Å². The van der Waals surface area contributed by atoms with Crippen molar-refractivity contribution >= 4 is 53.3 Å². The average Bonchev–Trinajstić information content (AvgIpc) is 3.46. The molecule has 0 aromatic heterocycles. The number of nitrogens with one attached hydrogen (secondary N) is 5. The Morgan fingerprint density at radius 2 is 1.45 bits per heavy atom. The lowest BCUT2D eigenvalue weighted by Gasteiger charge is -2.27. The van der Waals surface area contributed by atoms with Gasteiger partial charge in [-0.05, 0) is 49.3 Å². The van der Waals surface area contributed by atoms with Gasteiger partial charge in [-0.25, -0.2) is 9.59 Å². The summed E-state index contributed by atoms with van der Waals surface area (Å²) in [5.41, 5.74) is 6.29. The molecule has 18 heteroatoms. The lowest BCUT2D eigenvalue weighted by molar-refractivity contribution is -0.137. The van der Waals surface area contributed by atoms with Gasteiger partial charge in [-0.1, -0.05) is 39.8 Å². The highest BCUT2D eigenvalue weighted by Gasteiger charge is 2.29. The number of carbonyl (C=O) groups excluding carboxylic acids is 8. The van der Waals surface area contributed by atoms with Crippen molar-refractivity contribution < 1.29 is 47.8 Å². The van der Waals surface area contributed by atoms with Crippen molar-refractivity contribution in [3.05, 3.63) is 42.0 Å². The fraction of sp³-hybridized carbons (Fsp3) is 0.568. The molecule has 3 atom stereocenters. The number of primary amides is 1. The molecule has 0 aliphatic carbocycles. The van der Waals surface area contributed by atoms with E-state index >= 15 is 0 Å².